The van der Waals surface area contributed by atoms with E-state index in [1.165, 1.54) is 0 Å². The van der Waals surface area contributed by atoms with Gasteiger partial charge in [0, 0.05) is 19.2 Å². The molecule has 0 fully saturated rings. The number of nitrogens with zero attached hydrogens (tertiary/aromatic N) is 2. The molecule has 1 aromatic rings. The Hall–Kier alpha value is -1.76. The second kappa shape index (κ2) is 6.25. The molecule has 7 heteroatoms. The predicted octanol–water partition coefficient (Wildman–Crippen LogP) is 2.24. The summed E-state index contributed by atoms with van der Waals surface area (Å²) in [5, 5.41) is 13.3. The van der Waals surface area contributed by atoms with Crippen molar-refractivity contribution in [2.24, 2.45) is 0 Å². The van der Waals surface area contributed by atoms with Gasteiger partial charge >= 0.3 is 0 Å². The third-order valence-electron chi connectivity index (χ3n) is 2.60. The van der Waals surface area contributed by atoms with Crippen LogP contribution in [0.4, 0.5) is 20.2 Å². The van der Waals surface area contributed by atoms with Gasteiger partial charge in [0.1, 0.15) is 0 Å². The van der Waals surface area contributed by atoms with Crippen molar-refractivity contribution in [1.82, 2.24) is 4.90 Å². The standard InChI is InChI=1S/C11H15F2N3O2/c1-3-15(2)7-6-14-11-9(16(17)18)5-4-8(12)10(11)13/h4-5,14H,3,6-7H2,1-2H3. The van der Waals surface area contributed by atoms with Crippen LogP contribution in [-0.2, 0) is 0 Å². The third kappa shape index (κ3) is 3.36. The topological polar surface area (TPSA) is 58.4 Å². The molecule has 100 valence electrons. The summed E-state index contributed by atoms with van der Waals surface area (Å²) in [7, 11) is 1.86. The summed E-state index contributed by atoms with van der Waals surface area (Å²) in [4.78, 5) is 11.9. The van der Waals surface area contributed by atoms with Crippen molar-refractivity contribution in [1.29, 1.82) is 0 Å². The van der Waals surface area contributed by atoms with Gasteiger partial charge in [0.25, 0.3) is 5.69 Å². The van der Waals surface area contributed by atoms with Crippen LogP contribution in [0.3, 0.4) is 0 Å². The number of halogens is 2. The SMILES string of the molecule is CCN(C)CCNc1c([N+](=O)[O-])ccc(F)c1F. The maximum Gasteiger partial charge on any atom is 0.295 e. The normalized spacial score (nSPS) is 10.7. The highest BCUT2D eigenvalue weighted by Crippen LogP contribution is 2.28. The summed E-state index contributed by atoms with van der Waals surface area (Å²) in [5.74, 6) is -2.32. The highest BCUT2D eigenvalue weighted by Gasteiger charge is 2.21. The fraction of sp³-hybridized carbons (Fsp3) is 0.455. The van der Waals surface area contributed by atoms with Gasteiger partial charge in [0.05, 0.1) is 4.92 Å². The minimum atomic E-state index is -1.22. The summed E-state index contributed by atoms with van der Waals surface area (Å²) in [6.07, 6.45) is 0. The summed E-state index contributed by atoms with van der Waals surface area (Å²) in [6, 6.07) is 1.70. The van der Waals surface area contributed by atoms with Gasteiger partial charge in [-0.3, -0.25) is 10.1 Å². The first-order valence-electron chi connectivity index (χ1n) is 5.52. The molecule has 1 aromatic carbocycles. The number of nitro groups is 1. The van der Waals surface area contributed by atoms with E-state index in [4.69, 9.17) is 0 Å². The average molecular weight is 259 g/mol. The van der Waals surface area contributed by atoms with Crippen LogP contribution in [0.15, 0.2) is 12.1 Å². The van der Waals surface area contributed by atoms with Crippen molar-refractivity contribution >= 4 is 11.4 Å². The zero-order valence-electron chi connectivity index (χ0n) is 10.2. The molecule has 1 N–H and O–H groups in total. The van der Waals surface area contributed by atoms with Crippen molar-refractivity contribution in [3.63, 3.8) is 0 Å². The highest BCUT2D eigenvalue weighted by atomic mass is 19.2. The van der Waals surface area contributed by atoms with Crippen LogP contribution in [0.5, 0.6) is 0 Å². The third-order valence-corrected chi connectivity index (χ3v) is 2.60. The van der Waals surface area contributed by atoms with E-state index in [9.17, 15) is 18.9 Å². The number of nitrogens with one attached hydrogen (secondary N) is 1. The fourth-order valence-electron chi connectivity index (χ4n) is 1.39. The van der Waals surface area contributed by atoms with Crippen molar-refractivity contribution in [2.45, 2.75) is 6.92 Å². The van der Waals surface area contributed by atoms with Gasteiger partial charge in [-0.1, -0.05) is 6.92 Å². The molecule has 0 radical (unpaired) electrons. The number of hydrogen-bond donors (Lipinski definition) is 1. The van der Waals surface area contributed by atoms with Crippen LogP contribution in [0, 0.1) is 21.7 Å². The molecule has 0 amide bonds. The number of benzene rings is 1. The fourth-order valence-corrected chi connectivity index (χ4v) is 1.39. The minimum absolute atomic E-state index is 0.297. The summed E-state index contributed by atoms with van der Waals surface area (Å²) < 4.78 is 26.5. The molecule has 0 saturated heterocycles. The molecule has 5 nitrogen and oxygen atoms in total. The van der Waals surface area contributed by atoms with Gasteiger partial charge in [0.15, 0.2) is 17.3 Å². The molecular weight excluding hydrogens is 244 g/mol. The lowest BCUT2D eigenvalue weighted by Crippen LogP contribution is -2.25. The molecule has 0 aliphatic carbocycles. The van der Waals surface area contributed by atoms with E-state index in [2.05, 4.69) is 5.32 Å². The van der Waals surface area contributed by atoms with Gasteiger partial charge < -0.3 is 10.2 Å². The number of nitro benzene ring substituents is 1. The van der Waals surface area contributed by atoms with E-state index in [1.807, 2.05) is 18.9 Å². The quantitative estimate of drug-likeness (QED) is 0.628. The molecule has 0 unspecified atom stereocenters. The number of anilines is 1. The van der Waals surface area contributed by atoms with E-state index in [0.29, 0.717) is 13.1 Å². The molecule has 0 heterocycles. The van der Waals surface area contributed by atoms with Gasteiger partial charge in [-0.2, -0.15) is 0 Å². The first-order chi connectivity index (χ1) is 8.47. The zero-order chi connectivity index (χ0) is 13.7. The summed E-state index contributed by atoms with van der Waals surface area (Å²) in [5.41, 5.74) is -0.863. The largest absolute Gasteiger partial charge is 0.376 e. The van der Waals surface area contributed by atoms with Crippen LogP contribution < -0.4 is 5.32 Å². The Bertz CT molecular complexity index is 441. The van der Waals surface area contributed by atoms with Crippen LogP contribution in [-0.4, -0.2) is 36.5 Å². The molecular formula is C11H15F2N3O2. The Balaban J connectivity index is 2.85. The first-order valence-corrected chi connectivity index (χ1v) is 5.52. The number of likely N-dealkylation sites (N-methyl/N-ethyl adjacent to an activating group) is 1. The molecule has 0 aliphatic rings. The maximum atomic E-state index is 13.5. The Morgan fingerprint density at radius 2 is 2.11 bits per heavy atom. The Kier molecular flexibility index (Phi) is 4.96. The lowest BCUT2D eigenvalue weighted by atomic mass is 10.2. The zero-order valence-corrected chi connectivity index (χ0v) is 10.2. The van der Waals surface area contributed by atoms with Gasteiger partial charge in [-0.05, 0) is 19.7 Å². The molecule has 0 bridgehead atoms. The van der Waals surface area contributed by atoms with Crippen molar-refractivity contribution < 1.29 is 13.7 Å². The van der Waals surface area contributed by atoms with Crippen LogP contribution >= 0.6 is 0 Å². The van der Waals surface area contributed by atoms with E-state index in [0.717, 1.165) is 18.7 Å². The van der Waals surface area contributed by atoms with Crippen LogP contribution in [0.1, 0.15) is 6.92 Å². The highest BCUT2D eigenvalue weighted by molar-refractivity contribution is 5.62. The Morgan fingerprint density at radius 3 is 2.67 bits per heavy atom. The molecule has 18 heavy (non-hydrogen) atoms. The monoisotopic (exact) mass is 259 g/mol. The number of rotatable bonds is 6. The van der Waals surface area contributed by atoms with Crippen LogP contribution in [0.2, 0.25) is 0 Å². The van der Waals surface area contributed by atoms with Gasteiger partial charge in [0.2, 0.25) is 0 Å². The van der Waals surface area contributed by atoms with Gasteiger partial charge in [-0.25, -0.2) is 8.78 Å². The van der Waals surface area contributed by atoms with E-state index in [1.54, 1.807) is 0 Å². The smallest absolute Gasteiger partial charge is 0.295 e. The van der Waals surface area contributed by atoms with Crippen molar-refractivity contribution in [3.8, 4) is 0 Å². The average Bonchev–Trinajstić information content (AvgIpc) is 2.33. The minimum Gasteiger partial charge on any atom is -0.376 e. The van der Waals surface area contributed by atoms with E-state index in [-0.39, 0.29) is 0 Å². The molecule has 0 saturated carbocycles. The lowest BCUT2D eigenvalue weighted by Gasteiger charge is -2.15. The molecule has 0 aliphatic heterocycles. The second-order valence-corrected chi connectivity index (χ2v) is 3.84. The molecule has 0 spiro atoms. The molecule has 0 aromatic heterocycles. The number of hydrogen-bond acceptors (Lipinski definition) is 4. The van der Waals surface area contributed by atoms with Gasteiger partial charge in [-0.15, -0.1) is 0 Å². The van der Waals surface area contributed by atoms with Crippen molar-refractivity contribution in [3.05, 3.63) is 33.9 Å². The first kappa shape index (κ1) is 14.3. The van der Waals surface area contributed by atoms with Crippen LogP contribution in [0.25, 0.3) is 0 Å². The lowest BCUT2D eigenvalue weighted by molar-refractivity contribution is -0.384. The Labute approximate surface area is 104 Å². The van der Waals surface area contributed by atoms with Crippen molar-refractivity contribution in [2.75, 3.05) is 32.0 Å². The summed E-state index contributed by atoms with van der Waals surface area (Å²) >= 11 is 0. The molecule has 0 atom stereocenters. The van der Waals surface area contributed by atoms with E-state index >= 15 is 0 Å². The molecule has 1 rings (SSSR count). The van der Waals surface area contributed by atoms with E-state index < -0.39 is 27.9 Å². The second-order valence-electron chi connectivity index (χ2n) is 3.84. The Morgan fingerprint density at radius 1 is 1.44 bits per heavy atom. The maximum absolute atomic E-state index is 13.5. The summed E-state index contributed by atoms with van der Waals surface area (Å²) in [6.45, 7) is 3.62. The predicted molar refractivity (Wildman–Crippen MR) is 64.7 cm³/mol.